The van der Waals surface area contributed by atoms with E-state index in [1.807, 2.05) is 6.07 Å². The quantitative estimate of drug-likeness (QED) is 0.523. The Labute approximate surface area is 129 Å². The Morgan fingerprint density at radius 3 is 2.59 bits per heavy atom. The normalized spacial score (nSPS) is 12.0. The van der Waals surface area contributed by atoms with Crippen molar-refractivity contribution in [2.75, 3.05) is 0 Å². The summed E-state index contributed by atoms with van der Waals surface area (Å²) in [4.78, 5) is -0.0838. The number of hydrogen-bond acceptors (Lipinski definition) is 3. The van der Waals surface area contributed by atoms with Crippen LogP contribution in [-0.2, 0) is 6.18 Å². The van der Waals surface area contributed by atoms with E-state index in [0.717, 1.165) is 12.1 Å². The molecule has 2 rings (SSSR count). The molecular formula is C15H9F3N2OS. The van der Waals surface area contributed by atoms with E-state index in [-0.39, 0.29) is 27.6 Å². The average Bonchev–Trinajstić information content (AvgIpc) is 2.92. The lowest BCUT2D eigenvalue weighted by atomic mass is 10.1. The number of hydrogen-bond donors (Lipinski definition) is 1. The highest BCUT2D eigenvalue weighted by Gasteiger charge is 2.30. The third kappa shape index (κ3) is 3.54. The number of nitrogens with two attached hydrogens (primary N) is 1. The van der Waals surface area contributed by atoms with E-state index < -0.39 is 11.7 Å². The Morgan fingerprint density at radius 1 is 1.27 bits per heavy atom. The number of benzene rings is 1. The summed E-state index contributed by atoms with van der Waals surface area (Å²) in [7, 11) is 0. The van der Waals surface area contributed by atoms with Gasteiger partial charge < -0.3 is 10.2 Å². The van der Waals surface area contributed by atoms with Crippen LogP contribution in [0.15, 0.2) is 46.4 Å². The van der Waals surface area contributed by atoms with Gasteiger partial charge in [-0.2, -0.15) is 18.4 Å². The van der Waals surface area contributed by atoms with Gasteiger partial charge in [-0.25, -0.2) is 0 Å². The van der Waals surface area contributed by atoms with Crippen molar-refractivity contribution in [1.29, 1.82) is 5.26 Å². The smallest absolute Gasteiger partial charge is 0.416 e. The molecule has 0 radical (unpaired) electrons. The molecule has 0 aliphatic heterocycles. The molecule has 0 amide bonds. The van der Waals surface area contributed by atoms with Crippen molar-refractivity contribution in [3.05, 3.63) is 53.3 Å². The molecule has 0 bridgehead atoms. The molecule has 7 heteroatoms. The van der Waals surface area contributed by atoms with Crippen molar-refractivity contribution < 1.29 is 17.6 Å². The summed E-state index contributed by atoms with van der Waals surface area (Å²) in [6, 6.07) is 9.61. The molecule has 0 fully saturated rings. The Bertz CT molecular complexity index is 785. The van der Waals surface area contributed by atoms with Crippen LogP contribution < -0.4 is 5.73 Å². The van der Waals surface area contributed by atoms with E-state index in [1.54, 1.807) is 0 Å². The van der Waals surface area contributed by atoms with Crippen LogP contribution in [0.25, 0.3) is 17.4 Å². The largest absolute Gasteiger partial charge is 0.457 e. The van der Waals surface area contributed by atoms with Gasteiger partial charge in [-0.05, 0) is 24.3 Å². The van der Waals surface area contributed by atoms with Gasteiger partial charge in [-0.3, -0.25) is 0 Å². The number of nitriles is 1. The van der Waals surface area contributed by atoms with Crippen LogP contribution in [0.3, 0.4) is 0 Å². The van der Waals surface area contributed by atoms with Crippen molar-refractivity contribution in [3.63, 3.8) is 0 Å². The second-order valence-electron chi connectivity index (χ2n) is 4.31. The summed E-state index contributed by atoms with van der Waals surface area (Å²) >= 11 is 4.69. The molecule has 0 atom stereocenters. The van der Waals surface area contributed by atoms with Gasteiger partial charge >= 0.3 is 6.18 Å². The zero-order chi connectivity index (χ0) is 16.3. The average molecular weight is 322 g/mol. The van der Waals surface area contributed by atoms with E-state index in [4.69, 9.17) is 27.6 Å². The van der Waals surface area contributed by atoms with Crippen LogP contribution in [0.2, 0.25) is 0 Å². The number of nitrogens with zero attached hydrogens (tertiary/aromatic N) is 1. The number of alkyl halides is 3. The minimum absolute atomic E-state index is 0.0555. The van der Waals surface area contributed by atoms with Crippen molar-refractivity contribution in [1.82, 2.24) is 0 Å². The Kier molecular flexibility index (Phi) is 4.33. The molecule has 3 nitrogen and oxygen atoms in total. The maximum atomic E-state index is 12.7. The second kappa shape index (κ2) is 6.03. The van der Waals surface area contributed by atoms with Crippen molar-refractivity contribution in [2.45, 2.75) is 6.18 Å². The number of halogens is 3. The third-order valence-electron chi connectivity index (χ3n) is 2.77. The molecule has 0 aliphatic carbocycles. The fourth-order valence-electron chi connectivity index (χ4n) is 1.74. The standard InChI is InChI=1S/C15H9F3N2OS/c16-15(17,18)11-3-1-2-9(6-11)13-5-4-12(21-13)7-10(8-19)14(20)22/h1-7H,(H2,20,22)/b10-7+. The molecule has 0 saturated heterocycles. The topological polar surface area (TPSA) is 63.0 Å². The SMILES string of the molecule is N#C/C(=C\c1ccc(-c2cccc(C(F)(F)F)c2)o1)C(N)=S. The highest BCUT2D eigenvalue weighted by Crippen LogP contribution is 2.32. The van der Waals surface area contributed by atoms with Gasteiger partial charge in [-0.15, -0.1) is 0 Å². The van der Waals surface area contributed by atoms with Crippen molar-refractivity contribution in [3.8, 4) is 17.4 Å². The van der Waals surface area contributed by atoms with Crippen LogP contribution >= 0.6 is 12.2 Å². The summed E-state index contributed by atoms with van der Waals surface area (Å²) in [5.41, 5.74) is 4.93. The monoisotopic (exact) mass is 322 g/mol. The number of thiocarbonyl (C=S) groups is 1. The zero-order valence-corrected chi connectivity index (χ0v) is 11.8. The van der Waals surface area contributed by atoms with Crippen LogP contribution in [0.4, 0.5) is 13.2 Å². The van der Waals surface area contributed by atoms with Crippen molar-refractivity contribution >= 4 is 23.3 Å². The minimum atomic E-state index is -4.43. The van der Waals surface area contributed by atoms with E-state index in [1.165, 1.54) is 30.3 Å². The lowest BCUT2D eigenvalue weighted by molar-refractivity contribution is -0.137. The number of rotatable bonds is 3. The molecule has 1 heterocycles. The lowest BCUT2D eigenvalue weighted by Crippen LogP contribution is -2.09. The summed E-state index contributed by atoms with van der Waals surface area (Å²) in [6.45, 7) is 0. The first-order chi connectivity index (χ1) is 10.3. The minimum Gasteiger partial charge on any atom is -0.457 e. The summed E-state index contributed by atoms with van der Waals surface area (Å²) in [6.07, 6.45) is -3.09. The van der Waals surface area contributed by atoms with Crippen LogP contribution in [0.5, 0.6) is 0 Å². The number of furan rings is 1. The first-order valence-electron chi connectivity index (χ1n) is 6.00. The van der Waals surface area contributed by atoms with Gasteiger partial charge in [0.1, 0.15) is 22.6 Å². The molecule has 2 aromatic rings. The van der Waals surface area contributed by atoms with Gasteiger partial charge in [0.15, 0.2) is 0 Å². The van der Waals surface area contributed by atoms with Gasteiger partial charge in [0.2, 0.25) is 0 Å². The van der Waals surface area contributed by atoms with Gasteiger partial charge in [0.05, 0.1) is 11.1 Å². The molecule has 0 saturated carbocycles. The highest BCUT2D eigenvalue weighted by atomic mass is 32.1. The predicted octanol–water partition coefficient (Wildman–Crippen LogP) is 4.16. The highest BCUT2D eigenvalue weighted by molar-refractivity contribution is 7.80. The van der Waals surface area contributed by atoms with E-state index >= 15 is 0 Å². The molecule has 0 spiro atoms. The summed E-state index contributed by atoms with van der Waals surface area (Å²) < 4.78 is 43.5. The van der Waals surface area contributed by atoms with Crippen molar-refractivity contribution in [2.24, 2.45) is 5.73 Å². The Hall–Kier alpha value is -2.59. The van der Waals surface area contributed by atoms with Crippen LogP contribution in [-0.4, -0.2) is 4.99 Å². The molecule has 0 unspecified atom stereocenters. The van der Waals surface area contributed by atoms with Gasteiger partial charge in [0.25, 0.3) is 0 Å². The van der Waals surface area contributed by atoms with E-state index in [2.05, 4.69) is 0 Å². The van der Waals surface area contributed by atoms with Crippen LogP contribution in [0, 0.1) is 11.3 Å². The molecule has 112 valence electrons. The first-order valence-corrected chi connectivity index (χ1v) is 6.41. The molecule has 2 N–H and O–H groups in total. The lowest BCUT2D eigenvalue weighted by Gasteiger charge is -2.07. The van der Waals surface area contributed by atoms with E-state index in [0.29, 0.717) is 0 Å². The maximum absolute atomic E-state index is 12.7. The molecule has 22 heavy (non-hydrogen) atoms. The Morgan fingerprint density at radius 2 is 2.00 bits per heavy atom. The Balaban J connectivity index is 2.37. The molecule has 1 aromatic heterocycles. The molecular weight excluding hydrogens is 313 g/mol. The van der Waals surface area contributed by atoms with Crippen LogP contribution in [0.1, 0.15) is 11.3 Å². The molecule has 0 aliphatic rings. The summed E-state index contributed by atoms with van der Waals surface area (Å²) in [5, 5.41) is 8.86. The predicted molar refractivity (Wildman–Crippen MR) is 79.5 cm³/mol. The third-order valence-corrected chi connectivity index (χ3v) is 2.99. The fourth-order valence-corrected chi connectivity index (χ4v) is 1.84. The van der Waals surface area contributed by atoms with Gasteiger partial charge in [0, 0.05) is 11.6 Å². The summed E-state index contributed by atoms with van der Waals surface area (Å²) in [5.74, 6) is 0.523. The first kappa shape index (κ1) is 15.8. The second-order valence-corrected chi connectivity index (χ2v) is 4.75. The molecule has 1 aromatic carbocycles. The maximum Gasteiger partial charge on any atom is 0.416 e. The van der Waals surface area contributed by atoms with Gasteiger partial charge in [-0.1, -0.05) is 24.4 Å². The van der Waals surface area contributed by atoms with E-state index in [9.17, 15) is 13.2 Å². The zero-order valence-electron chi connectivity index (χ0n) is 11.0. The fraction of sp³-hybridized carbons (Fsp3) is 0.0667.